The second-order valence-corrected chi connectivity index (χ2v) is 7.04. The van der Waals surface area contributed by atoms with Crippen LogP contribution in [0, 0.1) is 5.92 Å². The number of hydrogen-bond acceptors (Lipinski definition) is 6. The van der Waals surface area contributed by atoms with Gasteiger partial charge in [-0.2, -0.15) is 0 Å². The number of phenols is 1. The maximum absolute atomic E-state index is 13.0. The molecular formula is C21H23N3O4. The van der Waals surface area contributed by atoms with Crippen LogP contribution in [0.3, 0.4) is 0 Å². The molecule has 2 saturated heterocycles. The third kappa shape index (κ3) is 2.93. The van der Waals surface area contributed by atoms with Gasteiger partial charge in [0.05, 0.1) is 19.1 Å². The molecule has 4 rings (SSSR count). The van der Waals surface area contributed by atoms with E-state index in [1.165, 1.54) is 12.0 Å². The van der Waals surface area contributed by atoms with Crippen LogP contribution < -0.4 is 10.2 Å². The number of aromatic hydroxyl groups is 1. The maximum Gasteiger partial charge on any atom is 0.248 e. The minimum Gasteiger partial charge on any atom is -0.504 e. The van der Waals surface area contributed by atoms with Crippen LogP contribution in [-0.4, -0.2) is 46.5 Å². The molecule has 2 N–H and O–H groups in total. The fraction of sp³-hybridized carbons (Fsp3) is 0.333. The number of amides is 2. The lowest BCUT2D eigenvalue weighted by atomic mass is 9.90. The molecule has 0 aliphatic carbocycles. The van der Waals surface area contributed by atoms with Gasteiger partial charge in [0.1, 0.15) is 6.04 Å². The topological polar surface area (TPSA) is 82.1 Å². The molecule has 2 aromatic rings. The van der Waals surface area contributed by atoms with E-state index in [1.807, 2.05) is 42.3 Å². The number of ether oxygens (including phenoxy) is 1. The molecule has 146 valence electrons. The van der Waals surface area contributed by atoms with Crippen molar-refractivity contribution < 1.29 is 19.4 Å². The van der Waals surface area contributed by atoms with Gasteiger partial charge in [-0.05, 0) is 30.2 Å². The fourth-order valence-electron chi connectivity index (χ4n) is 4.13. The number of likely N-dealkylation sites (tertiary alicyclic amines) is 1. The largest absolute Gasteiger partial charge is 0.504 e. The average molecular weight is 381 g/mol. The Labute approximate surface area is 163 Å². The first-order chi connectivity index (χ1) is 13.5. The van der Waals surface area contributed by atoms with Crippen molar-refractivity contribution >= 4 is 11.8 Å². The first kappa shape index (κ1) is 18.5. The van der Waals surface area contributed by atoms with Crippen molar-refractivity contribution in [1.29, 1.82) is 0 Å². The minimum atomic E-state index is -0.558. The third-order valence-corrected chi connectivity index (χ3v) is 5.49. The molecule has 0 radical (unpaired) electrons. The Kier molecular flexibility index (Phi) is 4.78. The number of nitrogens with zero attached hydrogens (tertiary/aromatic N) is 2. The molecule has 2 fully saturated rings. The smallest absolute Gasteiger partial charge is 0.248 e. The second-order valence-electron chi connectivity index (χ2n) is 7.04. The predicted octanol–water partition coefficient (Wildman–Crippen LogP) is 1.84. The molecular weight excluding hydrogens is 358 g/mol. The molecule has 0 bridgehead atoms. The maximum atomic E-state index is 13.0. The summed E-state index contributed by atoms with van der Waals surface area (Å²) in [6, 6.07) is 13.9. The highest BCUT2D eigenvalue weighted by atomic mass is 16.5. The highest BCUT2D eigenvalue weighted by Gasteiger charge is 2.58. The van der Waals surface area contributed by atoms with Gasteiger partial charge in [-0.25, -0.2) is 10.4 Å². The Balaban J connectivity index is 1.71. The minimum absolute atomic E-state index is 0.0333. The molecule has 7 nitrogen and oxygen atoms in total. The average Bonchev–Trinajstić information content (AvgIpc) is 3.19. The Morgan fingerprint density at radius 2 is 1.86 bits per heavy atom. The van der Waals surface area contributed by atoms with Crippen LogP contribution >= 0.6 is 0 Å². The molecule has 0 spiro atoms. The van der Waals surface area contributed by atoms with E-state index >= 15 is 0 Å². The molecule has 0 aromatic heterocycles. The summed E-state index contributed by atoms with van der Waals surface area (Å²) in [5.74, 6) is -0.496. The number of imide groups is 1. The van der Waals surface area contributed by atoms with Crippen LogP contribution in [-0.2, 0) is 16.1 Å². The second kappa shape index (κ2) is 7.26. The summed E-state index contributed by atoms with van der Waals surface area (Å²) < 4.78 is 5.22. The van der Waals surface area contributed by atoms with Crippen LogP contribution in [0.15, 0.2) is 48.5 Å². The van der Waals surface area contributed by atoms with Gasteiger partial charge in [-0.15, -0.1) is 0 Å². The van der Waals surface area contributed by atoms with Crippen LogP contribution in [0.1, 0.15) is 24.1 Å². The van der Waals surface area contributed by atoms with E-state index in [-0.39, 0.29) is 23.6 Å². The van der Waals surface area contributed by atoms with Crippen LogP contribution in [0.5, 0.6) is 11.5 Å². The van der Waals surface area contributed by atoms with Crippen LogP contribution in [0.4, 0.5) is 0 Å². The van der Waals surface area contributed by atoms with Crippen LogP contribution in [0.2, 0.25) is 0 Å². The lowest BCUT2D eigenvalue weighted by Crippen LogP contribution is -2.44. The number of carbonyl (C=O) groups is 2. The SMILES string of the molecule is CCN1C(=O)[C@H]2[C@@H](c3ccc(O)c(OC)c3)NN(Cc3ccccc3)[C@@H]2C1=O. The summed E-state index contributed by atoms with van der Waals surface area (Å²) in [5.41, 5.74) is 5.20. The highest BCUT2D eigenvalue weighted by molar-refractivity contribution is 6.07. The zero-order valence-corrected chi connectivity index (χ0v) is 15.8. The van der Waals surface area contributed by atoms with Crippen molar-refractivity contribution in [3.8, 4) is 11.5 Å². The number of rotatable bonds is 5. The van der Waals surface area contributed by atoms with Crippen molar-refractivity contribution in [2.45, 2.75) is 25.6 Å². The predicted molar refractivity (Wildman–Crippen MR) is 102 cm³/mol. The Morgan fingerprint density at radius 1 is 1.11 bits per heavy atom. The fourth-order valence-corrected chi connectivity index (χ4v) is 4.13. The van der Waals surface area contributed by atoms with E-state index in [1.54, 1.807) is 18.2 Å². The van der Waals surface area contributed by atoms with Crippen molar-refractivity contribution in [3.05, 3.63) is 59.7 Å². The number of methoxy groups -OCH3 is 1. The van der Waals surface area contributed by atoms with Gasteiger partial charge in [0, 0.05) is 13.1 Å². The van der Waals surface area contributed by atoms with E-state index < -0.39 is 12.0 Å². The highest BCUT2D eigenvalue weighted by Crippen LogP contribution is 2.42. The zero-order valence-electron chi connectivity index (χ0n) is 15.8. The molecule has 2 aliphatic heterocycles. The van der Waals surface area contributed by atoms with Gasteiger partial charge in [0.15, 0.2) is 11.5 Å². The first-order valence-electron chi connectivity index (χ1n) is 9.34. The van der Waals surface area contributed by atoms with E-state index in [0.29, 0.717) is 18.8 Å². The third-order valence-electron chi connectivity index (χ3n) is 5.49. The van der Waals surface area contributed by atoms with Crippen molar-refractivity contribution in [3.63, 3.8) is 0 Å². The number of carbonyl (C=O) groups excluding carboxylic acids is 2. The first-order valence-corrected chi connectivity index (χ1v) is 9.34. The van der Waals surface area contributed by atoms with Gasteiger partial charge in [-0.3, -0.25) is 14.5 Å². The van der Waals surface area contributed by atoms with Crippen molar-refractivity contribution in [1.82, 2.24) is 15.3 Å². The molecule has 2 amide bonds. The summed E-state index contributed by atoms with van der Waals surface area (Å²) >= 11 is 0. The number of phenolic OH excluding ortho intramolecular Hbond substituents is 1. The van der Waals surface area contributed by atoms with Gasteiger partial charge in [-0.1, -0.05) is 36.4 Å². The monoisotopic (exact) mass is 381 g/mol. The molecule has 28 heavy (non-hydrogen) atoms. The summed E-state index contributed by atoms with van der Waals surface area (Å²) in [7, 11) is 1.48. The lowest BCUT2D eigenvalue weighted by molar-refractivity contribution is -0.141. The number of hydrazine groups is 1. The number of fused-ring (bicyclic) bond motifs is 1. The van der Waals surface area contributed by atoms with Gasteiger partial charge in [0.2, 0.25) is 11.8 Å². The summed E-state index contributed by atoms with van der Waals surface area (Å²) in [5, 5.41) is 11.8. The molecule has 3 atom stereocenters. The quantitative estimate of drug-likeness (QED) is 0.769. The summed E-state index contributed by atoms with van der Waals surface area (Å²) in [4.78, 5) is 27.3. The molecule has 7 heteroatoms. The van der Waals surface area contributed by atoms with Crippen molar-refractivity contribution in [2.75, 3.05) is 13.7 Å². The molecule has 0 unspecified atom stereocenters. The van der Waals surface area contributed by atoms with Gasteiger partial charge in [0.25, 0.3) is 0 Å². The Morgan fingerprint density at radius 3 is 2.54 bits per heavy atom. The molecule has 2 aliphatic rings. The number of benzene rings is 2. The Bertz CT molecular complexity index is 902. The Hall–Kier alpha value is -2.90. The van der Waals surface area contributed by atoms with Gasteiger partial charge < -0.3 is 9.84 Å². The zero-order chi connectivity index (χ0) is 19.8. The number of hydrogen-bond donors (Lipinski definition) is 2. The van der Waals surface area contributed by atoms with Gasteiger partial charge >= 0.3 is 0 Å². The number of likely N-dealkylation sites (N-methyl/N-ethyl adjacent to an activating group) is 1. The van der Waals surface area contributed by atoms with Crippen molar-refractivity contribution in [2.24, 2.45) is 5.92 Å². The van der Waals surface area contributed by atoms with E-state index in [0.717, 1.165) is 11.1 Å². The van der Waals surface area contributed by atoms with E-state index in [2.05, 4.69) is 5.43 Å². The van der Waals surface area contributed by atoms with E-state index in [4.69, 9.17) is 4.74 Å². The molecule has 2 heterocycles. The summed E-state index contributed by atoms with van der Waals surface area (Å²) in [6.45, 7) is 2.67. The normalized spacial score (nSPS) is 24.6. The molecule has 0 saturated carbocycles. The summed E-state index contributed by atoms with van der Waals surface area (Å²) in [6.07, 6.45) is 0. The van der Waals surface area contributed by atoms with Crippen LogP contribution in [0.25, 0.3) is 0 Å². The standard InChI is InChI=1S/C21H23N3O4/c1-3-23-20(26)17-18(14-9-10-15(25)16(11-14)28-2)22-24(19(17)21(23)27)12-13-7-5-4-6-8-13/h4-11,17-19,22,25H,3,12H2,1-2H3/t17-,18+,19-/m0/s1. The van der Waals surface area contributed by atoms with E-state index in [9.17, 15) is 14.7 Å². The number of nitrogens with one attached hydrogen (secondary N) is 1. The lowest BCUT2D eigenvalue weighted by Gasteiger charge is -2.24. The molecule has 2 aromatic carbocycles.